The highest BCUT2D eigenvalue weighted by Gasteiger charge is 2.07. The quantitative estimate of drug-likeness (QED) is 0.436. The Kier molecular flexibility index (Phi) is 6.37. The van der Waals surface area contributed by atoms with Crippen LogP contribution < -0.4 is 0 Å². The van der Waals surface area contributed by atoms with Crippen LogP contribution in [0.1, 0.15) is 22.8 Å². The number of rotatable bonds is 4. The highest BCUT2D eigenvalue weighted by molar-refractivity contribution is 5.56. The molecule has 4 aromatic rings. The van der Waals surface area contributed by atoms with Crippen molar-refractivity contribution >= 4 is 0 Å². The van der Waals surface area contributed by atoms with E-state index in [0.29, 0.717) is 11.4 Å². The van der Waals surface area contributed by atoms with Crippen molar-refractivity contribution in [1.29, 1.82) is 0 Å². The lowest BCUT2D eigenvalue weighted by Crippen LogP contribution is -1.85. The van der Waals surface area contributed by atoms with E-state index >= 15 is 0 Å². The van der Waals surface area contributed by atoms with Crippen LogP contribution in [0.5, 0.6) is 0 Å². The van der Waals surface area contributed by atoms with Gasteiger partial charge in [-0.05, 0) is 13.8 Å². The van der Waals surface area contributed by atoms with Gasteiger partial charge in [0.25, 0.3) is 0 Å². The Labute approximate surface area is 164 Å². The van der Waals surface area contributed by atoms with Gasteiger partial charge in [0.2, 0.25) is 0 Å². The van der Waals surface area contributed by atoms with Crippen LogP contribution >= 0.6 is 0 Å². The minimum atomic E-state index is -0.0187. The van der Waals surface area contributed by atoms with Crippen LogP contribution in [0.4, 0.5) is 0 Å². The van der Waals surface area contributed by atoms with E-state index in [2.05, 4.69) is 19.9 Å². The molecule has 144 valence electrons. The Morgan fingerprint density at radius 3 is 1.29 bits per heavy atom. The van der Waals surface area contributed by atoms with Crippen LogP contribution in [-0.2, 0) is 13.2 Å². The number of benzene rings is 2. The molecule has 0 aliphatic rings. The molecule has 0 spiro atoms. The molecule has 0 aliphatic heterocycles. The SMILES string of the molecule is Cc1[nH]c(-c2ccccc2)nc1CO.Cc1[nH]c(-c2ccccc2)nc1CO. The molecule has 2 aromatic carbocycles. The number of nitrogens with zero attached hydrogens (tertiary/aromatic N) is 2. The third kappa shape index (κ3) is 4.54. The standard InChI is InChI=1S/2C11H12N2O/c2*1-8-10(7-14)13-11(12-8)9-5-3-2-4-6-9/h2*2-6,14H,7H2,1H3,(H,12,13). The van der Waals surface area contributed by atoms with E-state index in [4.69, 9.17) is 10.2 Å². The first-order chi connectivity index (χ1) is 13.6. The predicted octanol–water partition coefficient (Wildman–Crippen LogP) is 3.75. The Morgan fingerprint density at radius 2 is 1.00 bits per heavy atom. The maximum atomic E-state index is 9.00. The number of nitrogens with one attached hydrogen (secondary N) is 2. The van der Waals surface area contributed by atoms with Crippen molar-refractivity contribution < 1.29 is 10.2 Å². The van der Waals surface area contributed by atoms with Crippen molar-refractivity contribution in [3.8, 4) is 22.8 Å². The van der Waals surface area contributed by atoms with E-state index in [1.807, 2.05) is 74.5 Å². The zero-order chi connectivity index (χ0) is 19.9. The fraction of sp³-hybridized carbons (Fsp3) is 0.182. The van der Waals surface area contributed by atoms with E-state index in [1.54, 1.807) is 0 Å². The summed E-state index contributed by atoms with van der Waals surface area (Å²) in [7, 11) is 0. The molecule has 0 atom stereocenters. The summed E-state index contributed by atoms with van der Waals surface area (Å²) in [5.74, 6) is 1.62. The molecular weight excluding hydrogens is 352 g/mol. The van der Waals surface area contributed by atoms with Gasteiger partial charge < -0.3 is 20.2 Å². The normalized spacial score (nSPS) is 10.4. The van der Waals surface area contributed by atoms with Gasteiger partial charge in [0.1, 0.15) is 11.6 Å². The third-order valence-electron chi connectivity index (χ3n) is 4.37. The van der Waals surface area contributed by atoms with Crippen molar-refractivity contribution in [3.63, 3.8) is 0 Å². The fourth-order valence-corrected chi connectivity index (χ4v) is 2.77. The second-order valence-electron chi connectivity index (χ2n) is 6.36. The van der Waals surface area contributed by atoms with Crippen LogP contribution in [0.3, 0.4) is 0 Å². The van der Waals surface area contributed by atoms with Gasteiger partial charge >= 0.3 is 0 Å². The van der Waals surface area contributed by atoms with Gasteiger partial charge in [-0.25, -0.2) is 9.97 Å². The summed E-state index contributed by atoms with van der Waals surface area (Å²) in [4.78, 5) is 14.9. The van der Waals surface area contributed by atoms with E-state index < -0.39 is 0 Å². The summed E-state index contributed by atoms with van der Waals surface area (Å²) in [6.45, 7) is 3.78. The lowest BCUT2D eigenvalue weighted by molar-refractivity contribution is 0.276. The maximum absolute atomic E-state index is 9.00. The van der Waals surface area contributed by atoms with Crippen molar-refractivity contribution in [3.05, 3.63) is 83.4 Å². The molecule has 28 heavy (non-hydrogen) atoms. The number of aromatic amines is 2. The largest absolute Gasteiger partial charge is 0.390 e. The van der Waals surface area contributed by atoms with Gasteiger partial charge in [-0.2, -0.15) is 0 Å². The molecular formula is C22H24N4O2. The number of aromatic nitrogens is 4. The third-order valence-corrected chi connectivity index (χ3v) is 4.37. The first-order valence-electron chi connectivity index (χ1n) is 9.06. The summed E-state index contributed by atoms with van der Waals surface area (Å²) in [6, 6.07) is 19.7. The van der Waals surface area contributed by atoms with Gasteiger partial charge in [-0.15, -0.1) is 0 Å². The van der Waals surface area contributed by atoms with E-state index in [1.165, 1.54) is 0 Å². The van der Waals surface area contributed by atoms with Crippen molar-refractivity contribution in [2.45, 2.75) is 27.1 Å². The highest BCUT2D eigenvalue weighted by Crippen LogP contribution is 2.18. The van der Waals surface area contributed by atoms with Gasteiger partial charge in [-0.3, -0.25) is 0 Å². The fourth-order valence-electron chi connectivity index (χ4n) is 2.77. The molecule has 0 saturated carbocycles. The smallest absolute Gasteiger partial charge is 0.137 e. The molecule has 0 radical (unpaired) electrons. The minimum absolute atomic E-state index is 0.0187. The highest BCUT2D eigenvalue weighted by atomic mass is 16.3. The Balaban J connectivity index is 0.000000161. The summed E-state index contributed by atoms with van der Waals surface area (Å²) in [5, 5.41) is 18.0. The second-order valence-corrected chi connectivity index (χ2v) is 6.36. The topological polar surface area (TPSA) is 97.8 Å². The molecule has 0 saturated heterocycles. The maximum Gasteiger partial charge on any atom is 0.137 e. The van der Waals surface area contributed by atoms with E-state index in [9.17, 15) is 0 Å². The molecule has 0 bridgehead atoms. The summed E-state index contributed by atoms with van der Waals surface area (Å²) in [5.41, 5.74) is 5.34. The van der Waals surface area contributed by atoms with Crippen LogP contribution in [0, 0.1) is 13.8 Å². The van der Waals surface area contributed by atoms with Crippen LogP contribution in [-0.4, -0.2) is 30.1 Å². The summed E-state index contributed by atoms with van der Waals surface area (Å²) < 4.78 is 0. The molecule has 2 aromatic heterocycles. The number of hydrogen-bond acceptors (Lipinski definition) is 4. The lowest BCUT2D eigenvalue weighted by Gasteiger charge is -1.93. The van der Waals surface area contributed by atoms with E-state index in [-0.39, 0.29) is 13.2 Å². The molecule has 0 fully saturated rings. The molecule has 4 rings (SSSR count). The Hall–Kier alpha value is -3.22. The first-order valence-corrected chi connectivity index (χ1v) is 9.06. The zero-order valence-electron chi connectivity index (χ0n) is 16.0. The number of imidazole rings is 2. The summed E-state index contributed by atoms with van der Waals surface area (Å²) >= 11 is 0. The van der Waals surface area contributed by atoms with Crippen molar-refractivity contribution in [2.24, 2.45) is 0 Å². The monoisotopic (exact) mass is 376 g/mol. The summed E-state index contributed by atoms with van der Waals surface area (Å²) in [6.07, 6.45) is 0. The van der Waals surface area contributed by atoms with Crippen molar-refractivity contribution in [1.82, 2.24) is 19.9 Å². The number of aliphatic hydroxyl groups is 2. The Bertz CT molecular complexity index is 924. The van der Waals surface area contributed by atoms with Crippen LogP contribution in [0.15, 0.2) is 60.7 Å². The number of aryl methyl sites for hydroxylation is 2. The number of aliphatic hydroxyl groups excluding tert-OH is 2. The molecule has 6 heteroatoms. The molecule has 0 aliphatic carbocycles. The van der Waals surface area contributed by atoms with Gasteiger partial charge in [0.05, 0.1) is 24.6 Å². The Morgan fingerprint density at radius 1 is 0.643 bits per heavy atom. The van der Waals surface area contributed by atoms with Crippen LogP contribution in [0.2, 0.25) is 0 Å². The second kappa shape index (κ2) is 9.12. The average Bonchev–Trinajstić information content (AvgIpc) is 3.32. The van der Waals surface area contributed by atoms with E-state index in [0.717, 1.165) is 34.2 Å². The molecule has 2 heterocycles. The van der Waals surface area contributed by atoms with Gasteiger partial charge in [0.15, 0.2) is 0 Å². The minimum Gasteiger partial charge on any atom is -0.390 e. The number of hydrogen-bond donors (Lipinski definition) is 4. The van der Waals surface area contributed by atoms with Crippen molar-refractivity contribution in [2.75, 3.05) is 0 Å². The average molecular weight is 376 g/mol. The van der Waals surface area contributed by atoms with Gasteiger partial charge in [-0.1, -0.05) is 60.7 Å². The molecule has 0 amide bonds. The van der Waals surface area contributed by atoms with Gasteiger partial charge in [0, 0.05) is 22.5 Å². The zero-order valence-corrected chi connectivity index (χ0v) is 16.0. The van der Waals surface area contributed by atoms with Crippen LogP contribution in [0.25, 0.3) is 22.8 Å². The lowest BCUT2D eigenvalue weighted by atomic mass is 10.2. The first kappa shape index (κ1) is 19.5. The predicted molar refractivity (Wildman–Crippen MR) is 109 cm³/mol. The number of H-pyrrole nitrogens is 2. The molecule has 0 unspecified atom stereocenters. The molecule has 6 nitrogen and oxygen atoms in total. The molecule has 4 N–H and O–H groups in total.